The molecule has 1 aliphatic heterocycles. The number of carbonyl (C=O) groups excluding carboxylic acids is 1. The van der Waals surface area contributed by atoms with E-state index in [1.165, 1.54) is 0 Å². The smallest absolute Gasteiger partial charge is 0.180 e. The van der Waals surface area contributed by atoms with Crippen molar-refractivity contribution in [3.05, 3.63) is 18.0 Å². The van der Waals surface area contributed by atoms with Crippen molar-refractivity contribution in [2.24, 2.45) is 0 Å². The number of carbonyl (C=O) groups is 1. The van der Waals surface area contributed by atoms with Crippen molar-refractivity contribution in [1.82, 2.24) is 9.78 Å². The maximum Gasteiger partial charge on any atom is 0.180 e. The van der Waals surface area contributed by atoms with Gasteiger partial charge in [-0.25, -0.2) is 0 Å². The van der Waals surface area contributed by atoms with Gasteiger partial charge in [0.15, 0.2) is 5.78 Å². The lowest BCUT2D eigenvalue weighted by molar-refractivity contribution is 0.0940. The number of nitrogens with zero attached hydrogens (tertiary/aromatic N) is 2. The Balaban J connectivity index is 2.51. The Hall–Kier alpha value is -1.12. The van der Waals surface area contributed by atoms with Gasteiger partial charge >= 0.3 is 0 Å². The molecule has 0 bridgehead atoms. The lowest BCUT2D eigenvalue weighted by Crippen LogP contribution is -2.20. The van der Waals surface area contributed by atoms with Crippen molar-refractivity contribution in [2.45, 2.75) is 25.8 Å². The average Bonchev–Trinajstić information content (AvgIpc) is 2.45. The molecule has 1 aromatic heterocycles. The van der Waals surface area contributed by atoms with Crippen LogP contribution >= 0.6 is 0 Å². The van der Waals surface area contributed by atoms with Crippen LogP contribution in [0.1, 0.15) is 36.3 Å². The van der Waals surface area contributed by atoms with Crippen LogP contribution in [0.25, 0.3) is 0 Å². The van der Waals surface area contributed by atoms with Gasteiger partial charge in [-0.3, -0.25) is 9.48 Å². The molecule has 0 spiro atoms. The van der Waals surface area contributed by atoms with Gasteiger partial charge in [0.2, 0.25) is 0 Å². The lowest BCUT2D eigenvalue weighted by atomic mass is 10.0. The van der Waals surface area contributed by atoms with E-state index in [0.29, 0.717) is 12.5 Å². The van der Waals surface area contributed by atoms with Crippen LogP contribution in [-0.4, -0.2) is 15.6 Å². The molecule has 0 radical (unpaired) electrons. The molecule has 1 atom stereocenters. The van der Waals surface area contributed by atoms with Crippen molar-refractivity contribution >= 4 is 5.78 Å². The number of hydrogen-bond acceptors (Lipinski definition) is 2. The zero-order valence-electron chi connectivity index (χ0n) is 6.45. The summed E-state index contributed by atoms with van der Waals surface area (Å²) in [7, 11) is 0. The molecule has 0 aromatic carbocycles. The second-order valence-electron chi connectivity index (χ2n) is 2.97. The Morgan fingerprint density at radius 2 is 2.55 bits per heavy atom. The number of hydrogen-bond donors (Lipinski definition) is 0. The van der Waals surface area contributed by atoms with Crippen molar-refractivity contribution in [1.29, 1.82) is 0 Å². The van der Waals surface area contributed by atoms with Crippen LogP contribution in [0.15, 0.2) is 12.3 Å². The Labute approximate surface area is 65.0 Å². The molecular weight excluding hydrogens is 140 g/mol. The summed E-state index contributed by atoms with van der Waals surface area (Å²) >= 11 is 0. The molecule has 11 heavy (non-hydrogen) atoms. The molecule has 2 rings (SSSR count). The van der Waals surface area contributed by atoms with Gasteiger partial charge in [-0.1, -0.05) is 0 Å². The summed E-state index contributed by atoms with van der Waals surface area (Å²) in [6.07, 6.45) is 3.29. The van der Waals surface area contributed by atoms with Gasteiger partial charge in [0.25, 0.3) is 0 Å². The summed E-state index contributed by atoms with van der Waals surface area (Å²) < 4.78 is 1.81. The second-order valence-corrected chi connectivity index (χ2v) is 2.97. The summed E-state index contributed by atoms with van der Waals surface area (Å²) in [4.78, 5) is 11.2. The molecule has 58 valence electrons. The van der Waals surface area contributed by atoms with Crippen molar-refractivity contribution in [3.8, 4) is 0 Å². The van der Waals surface area contributed by atoms with Crippen LogP contribution in [0, 0.1) is 0 Å². The van der Waals surface area contributed by atoms with Crippen LogP contribution < -0.4 is 0 Å². The SMILES string of the molecule is C[C@H]1CCC(=O)c2ccnn21. The Morgan fingerprint density at radius 3 is 3.27 bits per heavy atom. The van der Waals surface area contributed by atoms with Gasteiger partial charge in [-0.05, 0) is 19.4 Å². The zero-order valence-corrected chi connectivity index (χ0v) is 6.45. The zero-order chi connectivity index (χ0) is 7.84. The standard InChI is InChI=1S/C8H10N2O/c1-6-2-3-8(11)7-4-5-9-10(6)7/h4-6H,2-3H2,1H3/t6-/m0/s1. The first-order valence-corrected chi connectivity index (χ1v) is 3.86. The Kier molecular flexibility index (Phi) is 1.31. The summed E-state index contributed by atoms with van der Waals surface area (Å²) in [5.41, 5.74) is 0.767. The molecule has 3 heteroatoms. The third-order valence-corrected chi connectivity index (χ3v) is 2.16. The minimum Gasteiger partial charge on any atom is -0.292 e. The normalized spacial score (nSPS) is 23.4. The molecule has 0 saturated carbocycles. The Morgan fingerprint density at radius 1 is 1.73 bits per heavy atom. The fraction of sp³-hybridized carbons (Fsp3) is 0.500. The molecular formula is C8H10N2O. The molecule has 0 fully saturated rings. The number of fused-ring (bicyclic) bond motifs is 1. The first kappa shape index (κ1) is 6.58. The monoisotopic (exact) mass is 150 g/mol. The molecule has 0 saturated heterocycles. The van der Waals surface area contributed by atoms with E-state index in [0.717, 1.165) is 12.1 Å². The molecule has 0 aliphatic carbocycles. The first-order valence-electron chi connectivity index (χ1n) is 3.86. The fourth-order valence-electron chi connectivity index (χ4n) is 1.48. The molecule has 0 N–H and O–H groups in total. The topological polar surface area (TPSA) is 34.9 Å². The maximum absolute atomic E-state index is 11.2. The van der Waals surface area contributed by atoms with E-state index in [-0.39, 0.29) is 5.78 Å². The van der Waals surface area contributed by atoms with Crippen molar-refractivity contribution < 1.29 is 4.79 Å². The summed E-state index contributed by atoms with van der Waals surface area (Å²) in [6, 6.07) is 2.18. The molecule has 1 aromatic rings. The van der Waals surface area contributed by atoms with Crippen LogP contribution in [-0.2, 0) is 0 Å². The number of rotatable bonds is 0. The van der Waals surface area contributed by atoms with E-state index in [9.17, 15) is 4.79 Å². The van der Waals surface area contributed by atoms with Crippen LogP contribution in [0.3, 0.4) is 0 Å². The quantitative estimate of drug-likeness (QED) is 0.560. The Bertz CT molecular complexity index is 290. The van der Waals surface area contributed by atoms with Gasteiger partial charge in [0.1, 0.15) is 5.69 Å². The van der Waals surface area contributed by atoms with Crippen LogP contribution in [0.2, 0.25) is 0 Å². The van der Waals surface area contributed by atoms with E-state index >= 15 is 0 Å². The highest BCUT2D eigenvalue weighted by Crippen LogP contribution is 2.22. The van der Waals surface area contributed by atoms with Gasteiger partial charge < -0.3 is 0 Å². The summed E-state index contributed by atoms with van der Waals surface area (Å²) in [5.74, 6) is 0.223. The predicted molar refractivity (Wildman–Crippen MR) is 40.5 cm³/mol. The summed E-state index contributed by atoms with van der Waals surface area (Å²) in [5, 5.41) is 4.08. The number of ketones is 1. The third kappa shape index (κ3) is 0.878. The van der Waals surface area contributed by atoms with E-state index in [2.05, 4.69) is 12.0 Å². The number of aromatic nitrogens is 2. The molecule has 3 nitrogen and oxygen atoms in total. The van der Waals surface area contributed by atoms with Crippen molar-refractivity contribution in [2.75, 3.05) is 0 Å². The second kappa shape index (κ2) is 2.19. The average molecular weight is 150 g/mol. The summed E-state index contributed by atoms with van der Waals surface area (Å²) in [6.45, 7) is 2.09. The van der Waals surface area contributed by atoms with E-state index < -0.39 is 0 Å². The van der Waals surface area contributed by atoms with Gasteiger partial charge in [0.05, 0.1) is 6.04 Å². The van der Waals surface area contributed by atoms with Gasteiger partial charge in [0, 0.05) is 12.6 Å². The van der Waals surface area contributed by atoms with E-state index in [1.807, 2.05) is 4.68 Å². The minimum atomic E-state index is 0.223. The third-order valence-electron chi connectivity index (χ3n) is 2.16. The highest BCUT2D eigenvalue weighted by atomic mass is 16.1. The highest BCUT2D eigenvalue weighted by molar-refractivity contribution is 5.95. The van der Waals surface area contributed by atoms with E-state index in [4.69, 9.17) is 0 Å². The van der Waals surface area contributed by atoms with Crippen LogP contribution in [0.4, 0.5) is 0 Å². The molecule has 0 amide bonds. The first-order chi connectivity index (χ1) is 5.29. The lowest BCUT2D eigenvalue weighted by Gasteiger charge is -2.19. The molecule has 2 heterocycles. The van der Waals surface area contributed by atoms with Gasteiger partial charge in [-0.2, -0.15) is 5.10 Å². The van der Waals surface area contributed by atoms with E-state index in [1.54, 1.807) is 12.3 Å². The van der Waals surface area contributed by atoms with Crippen LogP contribution in [0.5, 0.6) is 0 Å². The fourth-order valence-corrected chi connectivity index (χ4v) is 1.48. The highest BCUT2D eigenvalue weighted by Gasteiger charge is 2.21. The largest absolute Gasteiger partial charge is 0.292 e. The maximum atomic E-state index is 11.2. The predicted octanol–water partition coefficient (Wildman–Crippen LogP) is 1.42. The molecule has 0 unspecified atom stereocenters. The van der Waals surface area contributed by atoms with Crippen molar-refractivity contribution in [3.63, 3.8) is 0 Å². The molecule has 1 aliphatic rings. The van der Waals surface area contributed by atoms with Gasteiger partial charge in [-0.15, -0.1) is 0 Å². The minimum absolute atomic E-state index is 0.223. The number of Topliss-reactive ketones (excluding diaryl/α,β-unsaturated/α-hetero) is 1.